The number of benzene rings is 3. The van der Waals surface area contributed by atoms with Crippen LogP contribution in [-0.4, -0.2) is 118 Å². The Balaban J connectivity index is 0.000000180. The van der Waals surface area contributed by atoms with Gasteiger partial charge in [0.1, 0.15) is 17.5 Å². The lowest BCUT2D eigenvalue weighted by Crippen LogP contribution is -2.28. The fourth-order valence-electron chi connectivity index (χ4n) is 5.45. The maximum Gasteiger partial charge on any atom is 0.731 e. The number of hydrogen-bond acceptors (Lipinski definition) is 12. The maximum atomic E-state index is 5.92. The van der Waals surface area contributed by atoms with Crippen LogP contribution < -0.4 is 11.4 Å². The molecule has 0 aliphatic heterocycles. The van der Waals surface area contributed by atoms with Gasteiger partial charge in [0, 0.05) is 0 Å². The van der Waals surface area contributed by atoms with Gasteiger partial charge in [-0.1, -0.05) is 71.1 Å². The molecule has 0 amide bonds. The van der Waals surface area contributed by atoms with E-state index in [1.54, 1.807) is 0 Å². The maximum absolute atomic E-state index is 5.92. The molecule has 276 valence electrons. The average molecular weight is 823 g/mol. The summed E-state index contributed by atoms with van der Waals surface area (Å²) in [5, 5.41) is 2.87. The number of para-hydroxylation sites is 3. The van der Waals surface area contributed by atoms with Gasteiger partial charge in [-0.3, -0.25) is 0 Å². The van der Waals surface area contributed by atoms with Crippen molar-refractivity contribution in [3.63, 3.8) is 0 Å². The van der Waals surface area contributed by atoms with Gasteiger partial charge in [-0.15, -0.1) is 0 Å². The zero-order valence-corrected chi connectivity index (χ0v) is 40.5. The minimum Gasteiger partial charge on any atom is -0.608 e. The Labute approximate surface area is 348 Å². The Kier molecular flexibility index (Phi) is 18.4. The quantitative estimate of drug-likeness (QED) is 0.111. The summed E-state index contributed by atoms with van der Waals surface area (Å²) in [6, 6.07) is 23.7. The zero-order valence-electron chi connectivity index (χ0n) is 33.5. The lowest BCUT2D eigenvalue weighted by Gasteiger charge is -2.15. The monoisotopic (exact) mass is 822 g/mol. The summed E-state index contributed by atoms with van der Waals surface area (Å²) in [6.45, 7) is 5.64. The molecule has 6 rings (SSSR count). The predicted octanol–water partition coefficient (Wildman–Crippen LogP) is 8.11. The molecule has 0 radical (unpaired) electrons. The Bertz CT molecular complexity index is 1880. The average Bonchev–Trinajstić information content (AvgIpc) is 3.07. The lowest BCUT2D eigenvalue weighted by atomic mass is 10.2. The van der Waals surface area contributed by atoms with E-state index in [0.29, 0.717) is 17.6 Å². The number of hydrogen-bond donors (Lipinski definition) is 0. The molecule has 0 fully saturated rings. The number of fused-ring (bicyclic) bond motifs is 3. The largest absolute Gasteiger partial charge is 0.731 e. The summed E-state index contributed by atoms with van der Waals surface area (Å²) in [6.07, 6.45) is 0. The minimum absolute atomic E-state index is 0.659. The highest BCUT2D eigenvalue weighted by Gasteiger charge is 2.27. The minimum atomic E-state index is -1.64. The standard InChI is InChI=1S/3C9H8N2O.9CH3.6Al.3O/c3*1-6-10-8-5-3-2-4-7(8)9(12)11-6;;;;;;;;;;;;;;;;;;/h3*2-5H,1H3,(H,10,11,12);9*1H3;;;;;;;;;/q;;;;;;;;;;;;;;;3*+1;;;/p-3. The second-order valence-corrected chi connectivity index (χ2v) is 27.1. The molecule has 0 unspecified atom stereocenters. The molecule has 0 spiro atoms. The van der Waals surface area contributed by atoms with Crippen LogP contribution in [0.5, 0.6) is 17.6 Å². The summed E-state index contributed by atoms with van der Waals surface area (Å²) in [7, 11) is 0. The van der Waals surface area contributed by atoms with Crippen LogP contribution in [0.4, 0.5) is 0 Å². The molecule has 0 atom stereocenters. The third-order valence-corrected chi connectivity index (χ3v) is 20.1. The highest BCUT2D eigenvalue weighted by Crippen LogP contribution is 2.25. The van der Waals surface area contributed by atoms with Crippen molar-refractivity contribution in [3.05, 3.63) is 90.3 Å². The second-order valence-electron chi connectivity index (χ2n) is 13.4. The molecule has 18 heteroatoms. The molecule has 0 aliphatic rings. The van der Waals surface area contributed by atoms with E-state index in [1.165, 1.54) is 0 Å². The van der Waals surface area contributed by atoms with Crippen LogP contribution in [0, 0.1) is 20.8 Å². The van der Waals surface area contributed by atoms with Crippen molar-refractivity contribution < 1.29 is 19.9 Å². The van der Waals surface area contributed by atoms with Gasteiger partial charge >= 0.3 is 87.9 Å². The summed E-state index contributed by atoms with van der Waals surface area (Å²) in [5.41, 5.74) is 2.76. The van der Waals surface area contributed by atoms with E-state index in [4.69, 9.17) is 19.9 Å². The van der Waals surface area contributed by atoms with Crippen LogP contribution in [0.1, 0.15) is 17.5 Å². The van der Waals surface area contributed by atoms with Crippen molar-refractivity contribution in [2.45, 2.75) is 72.8 Å². The molecule has 0 saturated carbocycles. The highest BCUT2D eigenvalue weighted by molar-refractivity contribution is 6.62. The van der Waals surface area contributed by atoms with Gasteiger partial charge in [-0.05, 0) is 74.5 Å². The van der Waals surface area contributed by atoms with Crippen molar-refractivity contribution in [2.75, 3.05) is 0 Å². The third-order valence-electron chi connectivity index (χ3n) is 7.26. The van der Waals surface area contributed by atoms with E-state index in [9.17, 15) is 0 Å². The number of nitrogens with zero attached hydrogens (tertiary/aromatic N) is 6. The van der Waals surface area contributed by atoms with Crippen LogP contribution >= 0.6 is 0 Å². The Morgan fingerprint density at radius 3 is 0.833 bits per heavy atom. The van der Waals surface area contributed by atoms with Crippen molar-refractivity contribution in [2.24, 2.45) is 0 Å². The van der Waals surface area contributed by atoms with Gasteiger partial charge in [0.25, 0.3) is 0 Å². The Hall–Kier alpha value is -1.85. The SMILES string of the molecule is Cc1nc([O][Al]([CH3])[O][Al]([CH3])[CH3])c2ccccc2n1.Cc1nc([O][Al]([CH3])[O][Al]([CH3])[CH3])c2ccccc2n1.Cc1nc([O][Al]([CH3])[O][Al]([CH3])[CH3])c2ccccc2n1. The predicted molar refractivity (Wildman–Crippen MR) is 225 cm³/mol. The first-order valence-corrected chi connectivity index (χ1v) is 33.0. The fraction of sp³-hybridized carbons (Fsp3) is 0.333. The van der Waals surface area contributed by atoms with Crippen LogP contribution in [-0.2, 0) is 8.52 Å². The van der Waals surface area contributed by atoms with Gasteiger partial charge in [0.2, 0.25) is 0 Å². The molecule has 0 saturated heterocycles. The number of aromatic nitrogens is 6. The fourth-order valence-corrected chi connectivity index (χ4v) is 16.8. The molecular weight excluding hydrogens is 774 g/mol. The second kappa shape index (κ2) is 22.2. The van der Waals surface area contributed by atoms with Crippen LogP contribution in [0.2, 0.25) is 52.1 Å². The van der Waals surface area contributed by atoms with Gasteiger partial charge in [-0.25, -0.2) is 29.9 Å². The first kappa shape index (κ1) is 44.9. The van der Waals surface area contributed by atoms with E-state index in [0.717, 1.165) is 50.2 Å². The van der Waals surface area contributed by atoms with Crippen LogP contribution in [0.25, 0.3) is 32.7 Å². The summed E-state index contributed by atoms with van der Waals surface area (Å²) < 4.78 is 35.3. The van der Waals surface area contributed by atoms with Crippen molar-refractivity contribution in [3.8, 4) is 17.6 Å². The molecule has 0 aliphatic carbocycles. The van der Waals surface area contributed by atoms with E-state index in [1.807, 2.05) is 111 Å². The van der Waals surface area contributed by atoms with Crippen molar-refractivity contribution in [1.29, 1.82) is 0 Å². The molecule has 0 N–H and O–H groups in total. The van der Waals surface area contributed by atoms with Crippen LogP contribution in [0.15, 0.2) is 72.8 Å². The Morgan fingerprint density at radius 1 is 0.352 bits per heavy atom. The molecule has 12 nitrogen and oxygen atoms in total. The topological polar surface area (TPSA) is 133 Å². The first-order valence-electron chi connectivity index (χ1n) is 18.3. The third kappa shape index (κ3) is 14.6. The van der Waals surface area contributed by atoms with Crippen molar-refractivity contribution >= 4 is 121 Å². The van der Waals surface area contributed by atoms with E-state index in [-0.39, 0.29) is 0 Å². The van der Waals surface area contributed by atoms with E-state index >= 15 is 0 Å². The molecule has 3 heterocycles. The number of aryl methyl sites for hydroxylation is 3. The lowest BCUT2D eigenvalue weighted by molar-refractivity contribution is 0.430. The van der Waals surface area contributed by atoms with E-state index in [2.05, 4.69) is 64.6 Å². The zero-order chi connectivity index (χ0) is 39.4. The normalized spacial score (nSPS) is 10.4. The molecular formula is C36H48Al6N6O6. The van der Waals surface area contributed by atoms with Gasteiger partial charge in [-0.2, -0.15) is 0 Å². The summed E-state index contributed by atoms with van der Waals surface area (Å²) >= 11 is -8.08. The van der Waals surface area contributed by atoms with Gasteiger partial charge in [0.05, 0.1) is 32.7 Å². The molecule has 54 heavy (non-hydrogen) atoms. The molecule has 3 aromatic carbocycles. The van der Waals surface area contributed by atoms with Gasteiger partial charge in [0.15, 0.2) is 17.6 Å². The first-order chi connectivity index (χ1) is 25.7. The molecule has 0 bridgehead atoms. The summed E-state index contributed by atoms with van der Waals surface area (Å²) in [5.74, 6) is 23.2. The van der Waals surface area contributed by atoms with Crippen LogP contribution in [0.3, 0.4) is 0 Å². The highest BCUT2D eigenvalue weighted by atomic mass is 27.3. The Morgan fingerprint density at radius 2 is 0.593 bits per heavy atom. The molecule has 6 aromatic rings. The van der Waals surface area contributed by atoms with Crippen molar-refractivity contribution in [1.82, 2.24) is 29.9 Å². The van der Waals surface area contributed by atoms with Gasteiger partial charge < -0.3 is 19.9 Å². The smallest absolute Gasteiger partial charge is 0.608 e. The number of rotatable bonds is 12. The summed E-state index contributed by atoms with van der Waals surface area (Å²) in [4.78, 5) is 26.3. The van der Waals surface area contributed by atoms with E-state index < -0.39 is 87.9 Å². The molecule has 3 aromatic heterocycles.